The van der Waals surface area contributed by atoms with Gasteiger partial charge in [0.25, 0.3) is 0 Å². The predicted molar refractivity (Wildman–Crippen MR) is 109 cm³/mol. The topological polar surface area (TPSA) is 222 Å². The van der Waals surface area contributed by atoms with E-state index in [-0.39, 0.29) is 16.9 Å². The van der Waals surface area contributed by atoms with Crippen molar-refractivity contribution in [1.82, 2.24) is 0 Å². The number of ether oxygens (including phenoxy) is 1. The fourth-order valence-electron chi connectivity index (χ4n) is 3.82. The quantitative estimate of drug-likeness (QED) is 0.177. The third-order valence-electron chi connectivity index (χ3n) is 5.55. The van der Waals surface area contributed by atoms with Crippen molar-refractivity contribution in [3.63, 3.8) is 0 Å². The fourth-order valence-corrected chi connectivity index (χ4v) is 3.82. The molecule has 0 radical (unpaired) electrons. The molecule has 5 atom stereocenters. The minimum Gasteiger partial charge on any atom is -0.507 e. The highest BCUT2D eigenvalue weighted by Crippen LogP contribution is 2.45. The summed E-state index contributed by atoms with van der Waals surface area (Å²) in [6.45, 7) is -0.745. The lowest BCUT2D eigenvalue weighted by Gasteiger charge is -2.40. The molecule has 0 spiro atoms. The van der Waals surface area contributed by atoms with E-state index in [4.69, 9.17) is 9.15 Å². The number of phenols is 5. The van der Waals surface area contributed by atoms with Crippen LogP contribution in [0.2, 0.25) is 0 Å². The van der Waals surface area contributed by atoms with Gasteiger partial charge in [-0.3, -0.25) is 4.79 Å². The number of fused-ring (bicyclic) bond motifs is 1. The number of hydrogen-bond donors (Lipinski definition) is 9. The first-order chi connectivity index (χ1) is 15.5. The zero-order chi connectivity index (χ0) is 24.2. The fraction of sp³-hybridized carbons (Fsp3) is 0.286. The van der Waals surface area contributed by atoms with Gasteiger partial charge in [0.1, 0.15) is 64.5 Å². The van der Waals surface area contributed by atoms with E-state index in [9.17, 15) is 50.8 Å². The lowest BCUT2D eigenvalue weighted by Crippen LogP contribution is -2.55. The second-order valence-electron chi connectivity index (χ2n) is 7.61. The Labute approximate surface area is 184 Å². The molecule has 1 fully saturated rings. The monoisotopic (exact) mass is 464 g/mol. The van der Waals surface area contributed by atoms with Crippen LogP contribution in [0.5, 0.6) is 28.7 Å². The van der Waals surface area contributed by atoms with Crippen molar-refractivity contribution in [3.05, 3.63) is 40.1 Å². The van der Waals surface area contributed by atoms with Crippen LogP contribution in [0.15, 0.2) is 33.5 Å². The van der Waals surface area contributed by atoms with Crippen molar-refractivity contribution in [2.24, 2.45) is 0 Å². The standard InChI is InChI=1S/C21H20O12/c22-5-14-17(28)19(30)20(31)21(33-14)16-11(27)4-13-15(18(16)29)10(26)3-12(32-13)6-1-8(24)9(25)2-7(6)23/h1-4,14,17,19-25,27-31H,5H2/t14-,17+,19-,20+,21-/m0/s1. The van der Waals surface area contributed by atoms with Gasteiger partial charge in [-0.2, -0.15) is 0 Å². The molecule has 3 aromatic rings. The summed E-state index contributed by atoms with van der Waals surface area (Å²) in [6, 6.07) is 3.57. The zero-order valence-electron chi connectivity index (χ0n) is 16.7. The first-order valence-corrected chi connectivity index (χ1v) is 9.63. The molecule has 2 aromatic carbocycles. The van der Waals surface area contributed by atoms with Crippen LogP contribution in [0, 0.1) is 0 Å². The van der Waals surface area contributed by atoms with Crippen molar-refractivity contribution in [3.8, 4) is 40.1 Å². The van der Waals surface area contributed by atoms with Gasteiger partial charge < -0.3 is 55.1 Å². The molecule has 0 unspecified atom stereocenters. The molecule has 1 saturated heterocycles. The Balaban J connectivity index is 1.88. The normalized spacial score (nSPS) is 25.4. The smallest absolute Gasteiger partial charge is 0.197 e. The molecule has 0 aliphatic carbocycles. The second-order valence-corrected chi connectivity index (χ2v) is 7.61. The molecule has 12 nitrogen and oxygen atoms in total. The van der Waals surface area contributed by atoms with Gasteiger partial charge in [-0.1, -0.05) is 0 Å². The molecule has 2 heterocycles. The van der Waals surface area contributed by atoms with E-state index in [1.807, 2.05) is 0 Å². The second kappa shape index (κ2) is 8.10. The molecule has 1 aromatic heterocycles. The molecule has 9 N–H and O–H groups in total. The van der Waals surface area contributed by atoms with Crippen molar-refractivity contribution >= 4 is 11.0 Å². The van der Waals surface area contributed by atoms with E-state index in [1.165, 1.54) is 0 Å². The van der Waals surface area contributed by atoms with Crippen LogP contribution in [0.4, 0.5) is 0 Å². The first-order valence-electron chi connectivity index (χ1n) is 9.63. The summed E-state index contributed by atoms with van der Waals surface area (Å²) in [6.07, 6.45) is -8.25. The van der Waals surface area contributed by atoms with Crippen LogP contribution in [0.1, 0.15) is 11.7 Å². The average Bonchev–Trinajstić information content (AvgIpc) is 2.75. The third-order valence-corrected chi connectivity index (χ3v) is 5.55. The molecule has 0 bridgehead atoms. The highest BCUT2D eigenvalue weighted by molar-refractivity contribution is 5.88. The maximum atomic E-state index is 12.8. The SMILES string of the molecule is O=c1cc(-c2cc(O)c(O)cc2O)oc2cc(O)c([C@@H]3O[C@@H](CO)[C@@H](O)[C@H](O)[C@H]3O)c(O)c12. The van der Waals surface area contributed by atoms with Gasteiger partial charge in [-0.25, -0.2) is 0 Å². The highest BCUT2D eigenvalue weighted by atomic mass is 16.5. The summed E-state index contributed by atoms with van der Waals surface area (Å²) in [5.41, 5.74) is -1.83. The summed E-state index contributed by atoms with van der Waals surface area (Å²) in [5, 5.41) is 89.7. The van der Waals surface area contributed by atoms with Crippen LogP contribution in [0.3, 0.4) is 0 Å². The minimum absolute atomic E-state index is 0.165. The van der Waals surface area contributed by atoms with Gasteiger partial charge in [0.2, 0.25) is 0 Å². The van der Waals surface area contributed by atoms with Gasteiger partial charge in [-0.15, -0.1) is 0 Å². The minimum atomic E-state index is -1.83. The van der Waals surface area contributed by atoms with Crippen LogP contribution >= 0.6 is 0 Å². The molecule has 0 amide bonds. The first kappa shape index (κ1) is 22.6. The molecule has 0 saturated carbocycles. The van der Waals surface area contributed by atoms with Gasteiger partial charge in [0.15, 0.2) is 16.9 Å². The Morgan fingerprint density at radius 1 is 0.788 bits per heavy atom. The molecular weight excluding hydrogens is 444 g/mol. The van der Waals surface area contributed by atoms with Crippen molar-refractivity contribution in [1.29, 1.82) is 0 Å². The van der Waals surface area contributed by atoms with Crippen molar-refractivity contribution in [2.45, 2.75) is 30.5 Å². The highest BCUT2D eigenvalue weighted by Gasteiger charge is 2.46. The van der Waals surface area contributed by atoms with Crippen LogP contribution < -0.4 is 5.43 Å². The Kier molecular flexibility index (Phi) is 5.56. The van der Waals surface area contributed by atoms with Gasteiger partial charge >= 0.3 is 0 Å². The number of hydrogen-bond acceptors (Lipinski definition) is 12. The summed E-state index contributed by atoms with van der Waals surface area (Å²) in [5.74, 6) is -3.55. The Morgan fingerprint density at radius 3 is 2.12 bits per heavy atom. The van der Waals surface area contributed by atoms with E-state index in [0.717, 1.165) is 24.3 Å². The molecule has 1 aliphatic heterocycles. The van der Waals surface area contributed by atoms with Crippen LogP contribution in [-0.4, -0.2) is 77.0 Å². The van der Waals surface area contributed by atoms with E-state index in [0.29, 0.717) is 0 Å². The van der Waals surface area contributed by atoms with E-state index in [2.05, 4.69) is 0 Å². The van der Waals surface area contributed by atoms with Crippen LogP contribution in [0.25, 0.3) is 22.3 Å². The molecule has 33 heavy (non-hydrogen) atoms. The lowest BCUT2D eigenvalue weighted by atomic mass is 9.89. The maximum absolute atomic E-state index is 12.8. The van der Waals surface area contributed by atoms with Crippen molar-refractivity contribution < 1.29 is 55.1 Å². The number of phenolic OH excluding ortho intramolecular Hbond substituents is 5. The summed E-state index contributed by atoms with van der Waals surface area (Å²) in [4.78, 5) is 12.8. The number of aromatic hydroxyl groups is 5. The van der Waals surface area contributed by atoms with Crippen molar-refractivity contribution in [2.75, 3.05) is 6.61 Å². The summed E-state index contributed by atoms with van der Waals surface area (Å²) < 4.78 is 10.9. The van der Waals surface area contributed by atoms with E-state index < -0.39 is 82.3 Å². The average molecular weight is 464 g/mol. The molecule has 176 valence electrons. The number of benzene rings is 2. The molecular formula is C21H20O12. The maximum Gasteiger partial charge on any atom is 0.197 e. The van der Waals surface area contributed by atoms with Gasteiger partial charge in [-0.05, 0) is 6.07 Å². The lowest BCUT2D eigenvalue weighted by molar-refractivity contribution is -0.232. The van der Waals surface area contributed by atoms with E-state index >= 15 is 0 Å². The largest absolute Gasteiger partial charge is 0.507 e. The Bertz CT molecular complexity index is 1280. The molecule has 1 aliphatic rings. The molecule has 4 rings (SSSR count). The van der Waals surface area contributed by atoms with E-state index in [1.54, 1.807) is 0 Å². The third kappa shape index (κ3) is 3.59. The molecule has 12 heteroatoms. The van der Waals surface area contributed by atoms with Gasteiger partial charge in [0, 0.05) is 18.2 Å². The Hall–Kier alpha value is -3.55. The predicted octanol–water partition coefficient (Wildman–Crippen LogP) is -0.497. The van der Waals surface area contributed by atoms with Gasteiger partial charge in [0.05, 0.1) is 17.7 Å². The summed E-state index contributed by atoms with van der Waals surface area (Å²) in [7, 11) is 0. The number of aliphatic hydroxyl groups is 4. The van der Waals surface area contributed by atoms with Crippen LogP contribution in [-0.2, 0) is 4.74 Å². The Morgan fingerprint density at radius 2 is 1.45 bits per heavy atom. The zero-order valence-corrected chi connectivity index (χ0v) is 16.7. The summed E-state index contributed by atoms with van der Waals surface area (Å²) >= 11 is 0. The number of rotatable bonds is 3. The number of aliphatic hydroxyl groups excluding tert-OH is 4.